The van der Waals surface area contributed by atoms with Gasteiger partial charge in [-0.3, -0.25) is 0 Å². The Morgan fingerprint density at radius 3 is 2.15 bits per heavy atom. The first-order chi connectivity index (χ1) is 9.30. The number of aliphatic hydroxyl groups is 1. The Kier molecular flexibility index (Phi) is 6.91. The average Bonchev–Trinajstić information content (AvgIpc) is 2.37. The van der Waals surface area contributed by atoms with E-state index >= 15 is 0 Å². The van der Waals surface area contributed by atoms with Gasteiger partial charge in [-0.15, -0.1) is 0 Å². The Morgan fingerprint density at radius 2 is 1.70 bits per heavy atom. The molecule has 0 amide bonds. The van der Waals surface area contributed by atoms with Crippen LogP contribution in [0.4, 0.5) is 0 Å². The SMILES string of the molecule is CCC(CC)C(O)CNS(=O)(=O)N1CC(C)CC(C)C1. The second-order valence-corrected chi connectivity index (χ2v) is 8.02. The van der Waals surface area contributed by atoms with Crippen molar-refractivity contribution in [3.63, 3.8) is 0 Å². The molecule has 3 unspecified atom stereocenters. The molecular weight excluding hydrogens is 276 g/mol. The molecule has 0 aliphatic carbocycles. The van der Waals surface area contributed by atoms with E-state index in [1.807, 2.05) is 13.8 Å². The lowest BCUT2D eigenvalue weighted by Crippen LogP contribution is -2.49. The summed E-state index contributed by atoms with van der Waals surface area (Å²) in [4.78, 5) is 0. The second-order valence-electron chi connectivity index (χ2n) is 6.26. The van der Waals surface area contributed by atoms with Crippen LogP contribution in [0.2, 0.25) is 0 Å². The summed E-state index contributed by atoms with van der Waals surface area (Å²) < 4.78 is 28.7. The van der Waals surface area contributed by atoms with E-state index in [0.717, 1.165) is 19.3 Å². The molecule has 1 heterocycles. The van der Waals surface area contributed by atoms with Gasteiger partial charge in [-0.25, -0.2) is 0 Å². The van der Waals surface area contributed by atoms with E-state index < -0.39 is 16.3 Å². The minimum atomic E-state index is -3.47. The standard InChI is InChI=1S/C14H30N2O3S/c1-5-13(6-2)14(17)8-15-20(18,19)16-9-11(3)7-12(4)10-16/h11-15,17H,5-10H2,1-4H3. The fourth-order valence-electron chi connectivity index (χ4n) is 3.08. The predicted molar refractivity (Wildman–Crippen MR) is 81.5 cm³/mol. The van der Waals surface area contributed by atoms with Gasteiger partial charge in [-0.05, 0) is 24.2 Å². The molecule has 0 bridgehead atoms. The molecular formula is C14H30N2O3S. The molecule has 1 rings (SSSR count). The lowest BCUT2D eigenvalue weighted by atomic mass is 9.94. The van der Waals surface area contributed by atoms with Crippen LogP contribution in [0, 0.1) is 17.8 Å². The molecule has 3 atom stereocenters. The van der Waals surface area contributed by atoms with Crippen molar-refractivity contribution in [3.05, 3.63) is 0 Å². The number of rotatable bonds is 7. The van der Waals surface area contributed by atoms with Crippen LogP contribution in [0.5, 0.6) is 0 Å². The minimum Gasteiger partial charge on any atom is -0.391 e. The number of hydrogen-bond acceptors (Lipinski definition) is 3. The van der Waals surface area contributed by atoms with Gasteiger partial charge in [0.05, 0.1) is 6.10 Å². The largest absolute Gasteiger partial charge is 0.391 e. The van der Waals surface area contributed by atoms with Crippen molar-refractivity contribution >= 4 is 10.2 Å². The molecule has 0 saturated carbocycles. The maximum atomic E-state index is 12.3. The Morgan fingerprint density at radius 1 is 1.20 bits per heavy atom. The number of hydrogen-bond donors (Lipinski definition) is 2. The van der Waals surface area contributed by atoms with Gasteiger partial charge >= 0.3 is 0 Å². The van der Waals surface area contributed by atoms with Crippen molar-refractivity contribution in [1.82, 2.24) is 9.03 Å². The molecule has 5 nitrogen and oxygen atoms in total. The molecule has 1 fully saturated rings. The van der Waals surface area contributed by atoms with Crippen molar-refractivity contribution in [2.75, 3.05) is 19.6 Å². The van der Waals surface area contributed by atoms with Gasteiger partial charge < -0.3 is 5.11 Å². The lowest BCUT2D eigenvalue weighted by Gasteiger charge is -2.34. The van der Waals surface area contributed by atoms with Gasteiger partial charge in [-0.1, -0.05) is 40.5 Å². The van der Waals surface area contributed by atoms with E-state index in [-0.39, 0.29) is 12.5 Å². The first kappa shape index (κ1) is 17.9. The van der Waals surface area contributed by atoms with E-state index in [2.05, 4.69) is 18.6 Å². The van der Waals surface area contributed by atoms with E-state index in [4.69, 9.17) is 0 Å². The van der Waals surface area contributed by atoms with E-state index in [1.54, 1.807) is 0 Å². The van der Waals surface area contributed by atoms with Crippen LogP contribution < -0.4 is 4.72 Å². The van der Waals surface area contributed by atoms with Gasteiger partial charge in [0.2, 0.25) is 0 Å². The Balaban J connectivity index is 2.57. The molecule has 0 aromatic rings. The van der Waals surface area contributed by atoms with E-state index in [1.165, 1.54) is 4.31 Å². The van der Waals surface area contributed by atoms with Crippen LogP contribution in [0.3, 0.4) is 0 Å². The zero-order valence-corrected chi connectivity index (χ0v) is 14.0. The van der Waals surface area contributed by atoms with Gasteiger partial charge in [0, 0.05) is 19.6 Å². The summed E-state index contributed by atoms with van der Waals surface area (Å²) in [6.07, 6.45) is 2.18. The van der Waals surface area contributed by atoms with Crippen molar-refractivity contribution in [3.8, 4) is 0 Å². The maximum absolute atomic E-state index is 12.3. The third kappa shape index (κ3) is 4.98. The Bertz CT molecular complexity index is 372. The average molecular weight is 306 g/mol. The molecule has 1 aliphatic rings. The molecule has 2 N–H and O–H groups in total. The fraction of sp³-hybridized carbons (Fsp3) is 1.00. The summed E-state index contributed by atoms with van der Waals surface area (Å²) in [5.74, 6) is 0.926. The number of nitrogens with one attached hydrogen (secondary N) is 1. The smallest absolute Gasteiger partial charge is 0.279 e. The Labute approximate surface area is 123 Å². The molecule has 20 heavy (non-hydrogen) atoms. The van der Waals surface area contributed by atoms with Crippen LogP contribution in [0.1, 0.15) is 47.0 Å². The summed E-state index contributed by atoms with van der Waals surface area (Å²) in [6, 6.07) is 0. The molecule has 0 aromatic heterocycles. The monoisotopic (exact) mass is 306 g/mol. The molecule has 0 aromatic carbocycles. The summed E-state index contributed by atoms with van der Waals surface area (Å²) in [6.45, 7) is 9.43. The second kappa shape index (κ2) is 7.73. The molecule has 1 saturated heterocycles. The molecule has 0 radical (unpaired) electrons. The number of aliphatic hydroxyl groups excluding tert-OH is 1. The van der Waals surface area contributed by atoms with E-state index in [9.17, 15) is 13.5 Å². The molecule has 1 aliphatic heterocycles. The van der Waals surface area contributed by atoms with Crippen LogP contribution in [0.25, 0.3) is 0 Å². The highest BCUT2D eigenvalue weighted by Crippen LogP contribution is 2.22. The normalized spacial score (nSPS) is 26.9. The topological polar surface area (TPSA) is 69.6 Å². The maximum Gasteiger partial charge on any atom is 0.279 e. The van der Waals surface area contributed by atoms with Crippen LogP contribution in [-0.2, 0) is 10.2 Å². The summed E-state index contributed by atoms with van der Waals surface area (Å²) in [5.41, 5.74) is 0. The molecule has 120 valence electrons. The quantitative estimate of drug-likeness (QED) is 0.750. The van der Waals surface area contributed by atoms with Crippen molar-refractivity contribution in [2.24, 2.45) is 17.8 Å². The van der Waals surface area contributed by atoms with Crippen LogP contribution >= 0.6 is 0 Å². The van der Waals surface area contributed by atoms with Gasteiger partial charge in [-0.2, -0.15) is 17.4 Å². The highest BCUT2D eigenvalue weighted by Gasteiger charge is 2.30. The Hall–Kier alpha value is -0.170. The summed E-state index contributed by atoms with van der Waals surface area (Å²) in [7, 11) is -3.47. The fourth-order valence-corrected chi connectivity index (χ4v) is 4.55. The lowest BCUT2D eigenvalue weighted by molar-refractivity contribution is 0.106. The van der Waals surface area contributed by atoms with Crippen molar-refractivity contribution < 1.29 is 13.5 Å². The predicted octanol–water partition coefficient (Wildman–Crippen LogP) is 1.60. The van der Waals surface area contributed by atoms with E-state index in [0.29, 0.717) is 24.9 Å². The van der Waals surface area contributed by atoms with Gasteiger partial charge in [0.15, 0.2) is 0 Å². The summed E-state index contributed by atoms with van der Waals surface area (Å²) in [5, 5.41) is 10.0. The van der Waals surface area contributed by atoms with Gasteiger partial charge in [0.1, 0.15) is 0 Å². The molecule has 0 spiro atoms. The number of nitrogens with zero attached hydrogens (tertiary/aromatic N) is 1. The number of piperidine rings is 1. The molecule has 6 heteroatoms. The third-order valence-electron chi connectivity index (χ3n) is 4.24. The first-order valence-electron chi connectivity index (χ1n) is 7.72. The summed E-state index contributed by atoms with van der Waals surface area (Å²) >= 11 is 0. The van der Waals surface area contributed by atoms with Crippen LogP contribution in [-0.4, -0.2) is 43.6 Å². The minimum absolute atomic E-state index is 0.105. The van der Waals surface area contributed by atoms with Gasteiger partial charge in [0.25, 0.3) is 10.2 Å². The highest BCUT2D eigenvalue weighted by atomic mass is 32.2. The third-order valence-corrected chi connectivity index (χ3v) is 5.75. The van der Waals surface area contributed by atoms with Crippen molar-refractivity contribution in [1.29, 1.82) is 0 Å². The highest BCUT2D eigenvalue weighted by molar-refractivity contribution is 7.87. The van der Waals surface area contributed by atoms with Crippen molar-refractivity contribution in [2.45, 2.75) is 53.1 Å². The zero-order valence-electron chi connectivity index (χ0n) is 13.2. The zero-order chi connectivity index (χ0) is 15.3. The van der Waals surface area contributed by atoms with Crippen LogP contribution in [0.15, 0.2) is 0 Å². The first-order valence-corrected chi connectivity index (χ1v) is 9.16.